The Morgan fingerprint density at radius 2 is 1.67 bits per heavy atom. The van der Waals surface area contributed by atoms with Crippen LogP contribution in [0, 0.1) is 0 Å². The molecule has 0 aliphatic heterocycles. The van der Waals surface area contributed by atoms with E-state index in [0.29, 0.717) is 0 Å². The lowest BCUT2D eigenvalue weighted by atomic mass is 10.0. The molecule has 0 amide bonds. The first-order valence-electron chi connectivity index (χ1n) is 7.02. The topological polar surface area (TPSA) is 26.3 Å². The highest BCUT2D eigenvalue weighted by molar-refractivity contribution is 5.51. The maximum Gasteiger partial charge on any atom is 0.157 e. The van der Waals surface area contributed by atoms with Crippen LogP contribution in [0.5, 0.6) is 5.75 Å². The molecule has 0 saturated heterocycles. The second-order valence-electron chi connectivity index (χ2n) is 4.64. The molecule has 1 rings (SSSR count). The van der Waals surface area contributed by atoms with Gasteiger partial charge >= 0.3 is 0 Å². The lowest BCUT2D eigenvalue weighted by Gasteiger charge is -2.04. The van der Waals surface area contributed by atoms with E-state index in [-0.39, 0.29) is 6.61 Å². The first-order chi connectivity index (χ1) is 8.86. The van der Waals surface area contributed by atoms with Crippen LogP contribution in [0.1, 0.15) is 51.0 Å². The molecule has 0 saturated carbocycles. The van der Waals surface area contributed by atoms with Crippen LogP contribution in [-0.4, -0.2) is 12.9 Å². The predicted molar refractivity (Wildman–Crippen MR) is 75.1 cm³/mol. The molecule has 0 spiro atoms. The van der Waals surface area contributed by atoms with Crippen molar-refractivity contribution in [3.8, 4) is 5.75 Å². The molecule has 0 radical (unpaired) electrons. The monoisotopic (exact) mass is 248 g/mol. The Bertz CT molecular complexity index is 316. The Balaban J connectivity index is 2.16. The lowest BCUT2D eigenvalue weighted by molar-refractivity contribution is -0.109. The van der Waals surface area contributed by atoms with Crippen LogP contribution in [0.3, 0.4) is 0 Å². The Kier molecular flexibility index (Phi) is 7.94. The molecule has 0 N–H and O–H groups in total. The Labute approximate surface area is 110 Å². The molecule has 2 nitrogen and oxygen atoms in total. The fourth-order valence-electron chi connectivity index (χ4n) is 1.99. The molecule has 0 bridgehead atoms. The molecule has 0 aliphatic carbocycles. The quantitative estimate of drug-likeness (QED) is 0.459. The van der Waals surface area contributed by atoms with Crippen molar-refractivity contribution in [3.63, 3.8) is 0 Å². The second-order valence-corrected chi connectivity index (χ2v) is 4.64. The van der Waals surface area contributed by atoms with Crippen molar-refractivity contribution in [1.82, 2.24) is 0 Å². The smallest absolute Gasteiger partial charge is 0.157 e. The van der Waals surface area contributed by atoms with Crippen molar-refractivity contribution in [2.75, 3.05) is 6.61 Å². The summed E-state index contributed by atoms with van der Waals surface area (Å²) in [6.07, 6.45) is 9.89. The summed E-state index contributed by atoms with van der Waals surface area (Å²) in [5.74, 6) is 0.772. The van der Waals surface area contributed by atoms with Gasteiger partial charge < -0.3 is 4.74 Å². The summed E-state index contributed by atoms with van der Waals surface area (Å²) < 4.78 is 5.21. The number of aldehydes is 1. The Morgan fingerprint density at radius 1 is 1.00 bits per heavy atom. The molecular weight excluding hydrogens is 224 g/mol. The average Bonchev–Trinajstić information content (AvgIpc) is 2.42. The number of rotatable bonds is 10. The second kappa shape index (κ2) is 9.69. The van der Waals surface area contributed by atoms with Crippen molar-refractivity contribution < 1.29 is 9.53 Å². The number of benzene rings is 1. The summed E-state index contributed by atoms with van der Waals surface area (Å²) in [6.45, 7) is 2.38. The molecule has 0 unspecified atom stereocenters. The van der Waals surface area contributed by atoms with E-state index in [4.69, 9.17) is 4.74 Å². The van der Waals surface area contributed by atoms with E-state index in [1.807, 2.05) is 12.1 Å². The van der Waals surface area contributed by atoms with Crippen LogP contribution in [0.4, 0.5) is 0 Å². The van der Waals surface area contributed by atoms with Gasteiger partial charge in [0.25, 0.3) is 0 Å². The lowest BCUT2D eigenvalue weighted by Crippen LogP contribution is -1.97. The highest BCUT2D eigenvalue weighted by Crippen LogP contribution is 2.14. The van der Waals surface area contributed by atoms with Gasteiger partial charge in [-0.1, -0.05) is 51.2 Å². The molecule has 0 aliphatic rings. The number of carbonyl (C=O) groups excluding carboxylic acids is 1. The maximum atomic E-state index is 10.2. The van der Waals surface area contributed by atoms with E-state index in [1.54, 1.807) is 0 Å². The van der Waals surface area contributed by atoms with Crippen LogP contribution in [0.25, 0.3) is 0 Å². The normalized spacial score (nSPS) is 10.3. The fraction of sp³-hybridized carbons (Fsp3) is 0.562. The molecule has 18 heavy (non-hydrogen) atoms. The van der Waals surface area contributed by atoms with Gasteiger partial charge in [-0.05, 0) is 30.5 Å². The SMILES string of the molecule is CCCCCCCCc1ccc(OCC=O)cc1. The van der Waals surface area contributed by atoms with E-state index in [9.17, 15) is 4.79 Å². The maximum absolute atomic E-state index is 10.2. The number of unbranched alkanes of at least 4 members (excludes halogenated alkanes) is 5. The van der Waals surface area contributed by atoms with Gasteiger partial charge in [0.2, 0.25) is 0 Å². The number of hydrogen-bond donors (Lipinski definition) is 0. The van der Waals surface area contributed by atoms with E-state index in [1.165, 1.54) is 44.1 Å². The van der Waals surface area contributed by atoms with E-state index >= 15 is 0 Å². The zero-order valence-corrected chi connectivity index (χ0v) is 11.4. The first kappa shape index (κ1) is 14.7. The molecule has 2 heteroatoms. The van der Waals surface area contributed by atoms with Crippen LogP contribution in [0.2, 0.25) is 0 Å². The summed E-state index contributed by atoms with van der Waals surface area (Å²) in [5.41, 5.74) is 1.35. The van der Waals surface area contributed by atoms with Crippen molar-refractivity contribution in [2.45, 2.75) is 51.9 Å². The van der Waals surface area contributed by atoms with Gasteiger partial charge in [0, 0.05) is 0 Å². The van der Waals surface area contributed by atoms with Gasteiger partial charge in [0.1, 0.15) is 12.4 Å². The fourth-order valence-corrected chi connectivity index (χ4v) is 1.99. The van der Waals surface area contributed by atoms with Gasteiger partial charge in [0.05, 0.1) is 0 Å². The molecule has 1 aromatic carbocycles. The average molecular weight is 248 g/mol. The van der Waals surface area contributed by atoms with Crippen LogP contribution >= 0.6 is 0 Å². The highest BCUT2D eigenvalue weighted by Gasteiger charge is 1.96. The predicted octanol–water partition coefficient (Wildman–Crippen LogP) is 4.17. The van der Waals surface area contributed by atoms with E-state index < -0.39 is 0 Å². The molecule has 0 atom stereocenters. The van der Waals surface area contributed by atoms with Crippen LogP contribution < -0.4 is 4.74 Å². The summed E-state index contributed by atoms with van der Waals surface area (Å²) in [6, 6.07) is 8.06. The largest absolute Gasteiger partial charge is 0.486 e. The van der Waals surface area contributed by atoms with Crippen molar-refractivity contribution in [3.05, 3.63) is 29.8 Å². The molecule has 0 aromatic heterocycles. The number of carbonyl (C=O) groups is 1. The number of aryl methyl sites for hydroxylation is 1. The van der Waals surface area contributed by atoms with Crippen molar-refractivity contribution >= 4 is 6.29 Å². The summed E-state index contributed by atoms with van der Waals surface area (Å²) in [5, 5.41) is 0. The first-order valence-corrected chi connectivity index (χ1v) is 7.02. The molecule has 0 fully saturated rings. The van der Waals surface area contributed by atoms with Crippen LogP contribution in [0.15, 0.2) is 24.3 Å². The summed E-state index contributed by atoms with van der Waals surface area (Å²) in [4.78, 5) is 10.2. The van der Waals surface area contributed by atoms with Gasteiger partial charge in [0.15, 0.2) is 6.29 Å². The molecular formula is C16H24O2. The van der Waals surface area contributed by atoms with Gasteiger partial charge in [-0.15, -0.1) is 0 Å². The van der Waals surface area contributed by atoms with Crippen molar-refractivity contribution in [1.29, 1.82) is 0 Å². The third-order valence-corrected chi connectivity index (χ3v) is 3.06. The molecule has 100 valence electrons. The van der Waals surface area contributed by atoms with Gasteiger partial charge in [-0.2, -0.15) is 0 Å². The minimum atomic E-state index is 0.136. The van der Waals surface area contributed by atoms with E-state index in [2.05, 4.69) is 19.1 Å². The third-order valence-electron chi connectivity index (χ3n) is 3.06. The molecule has 0 heterocycles. The zero-order chi connectivity index (χ0) is 13.1. The highest BCUT2D eigenvalue weighted by atomic mass is 16.5. The Hall–Kier alpha value is -1.31. The van der Waals surface area contributed by atoms with Crippen molar-refractivity contribution in [2.24, 2.45) is 0 Å². The minimum absolute atomic E-state index is 0.136. The Morgan fingerprint density at radius 3 is 2.33 bits per heavy atom. The molecule has 1 aromatic rings. The zero-order valence-electron chi connectivity index (χ0n) is 11.4. The minimum Gasteiger partial charge on any atom is -0.486 e. The van der Waals surface area contributed by atoms with Gasteiger partial charge in [-0.25, -0.2) is 0 Å². The van der Waals surface area contributed by atoms with Gasteiger partial charge in [-0.3, -0.25) is 4.79 Å². The summed E-state index contributed by atoms with van der Waals surface area (Å²) >= 11 is 0. The standard InChI is InChI=1S/C16H24O2/c1-2-3-4-5-6-7-8-15-9-11-16(12-10-15)18-14-13-17/h9-13H,2-8,14H2,1H3. The van der Waals surface area contributed by atoms with E-state index in [0.717, 1.165) is 18.5 Å². The summed E-state index contributed by atoms with van der Waals surface area (Å²) in [7, 11) is 0. The third kappa shape index (κ3) is 6.43. The number of hydrogen-bond acceptors (Lipinski definition) is 2. The van der Waals surface area contributed by atoms with Crippen LogP contribution in [-0.2, 0) is 11.2 Å². The number of ether oxygens (including phenoxy) is 1.